The number of phenolic OH excluding ortho intramolecular Hbond substituents is 1. The van der Waals surface area contributed by atoms with Crippen LogP contribution in [-0.2, 0) is 9.59 Å². The van der Waals surface area contributed by atoms with E-state index in [-0.39, 0.29) is 23.0 Å². The molecule has 2 heterocycles. The number of methoxy groups -OCH3 is 1. The molecule has 7 nitrogen and oxygen atoms in total. The molecule has 0 spiro atoms. The van der Waals surface area contributed by atoms with Crippen molar-refractivity contribution in [3.8, 4) is 11.5 Å². The number of phenols is 1. The fraction of sp³-hybridized carbons (Fsp3) is 0.179. The smallest absolute Gasteiger partial charge is 0.301 e. The van der Waals surface area contributed by atoms with Gasteiger partial charge in [0.1, 0.15) is 17.3 Å². The zero-order valence-electron chi connectivity index (χ0n) is 20.2. The predicted octanol–water partition coefficient (Wildman–Crippen LogP) is 6.41. The van der Waals surface area contributed by atoms with Crippen molar-refractivity contribution in [3.05, 3.63) is 87.9 Å². The number of rotatable bonds is 5. The van der Waals surface area contributed by atoms with Gasteiger partial charge in [-0.15, -0.1) is 0 Å². The number of aromatic hydroxyl groups is 1. The number of fused-ring (bicyclic) bond motifs is 1. The number of hydrogen-bond donors (Lipinski definition) is 2. The monoisotopic (exact) mass is 534 g/mol. The van der Waals surface area contributed by atoms with Crippen LogP contribution < -0.4 is 9.64 Å². The molecule has 1 atom stereocenters. The molecule has 0 saturated carbocycles. The third kappa shape index (κ3) is 4.32. The lowest BCUT2D eigenvalue weighted by atomic mass is 9.93. The Kier molecular flexibility index (Phi) is 6.39. The number of amides is 1. The first-order chi connectivity index (χ1) is 17.7. The van der Waals surface area contributed by atoms with E-state index in [0.29, 0.717) is 32.5 Å². The Balaban J connectivity index is 1.72. The van der Waals surface area contributed by atoms with Crippen molar-refractivity contribution in [3.63, 3.8) is 0 Å². The van der Waals surface area contributed by atoms with Crippen LogP contribution in [0.4, 0.5) is 5.13 Å². The summed E-state index contributed by atoms with van der Waals surface area (Å²) < 4.78 is 6.21. The van der Waals surface area contributed by atoms with Gasteiger partial charge in [0.15, 0.2) is 5.13 Å². The summed E-state index contributed by atoms with van der Waals surface area (Å²) in [4.78, 5) is 32.7. The van der Waals surface area contributed by atoms with Gasteiger partial charge in [-0.3, -0.25) is 14.5 Å². The summed E-state index contributed by atoms with van der Waals surface area (Å²) >= 11 is 7.36. The number of aliphatic hydroxyl groups excluding tert-OH is 1. The molecule has 1 aromatic heterocycles. The number of anilines is 1. The van der Waals surface area contributed by atoms with E-state index in [9.17, 15) is 19.8 Å². The number of Topliss-reactive ketones (excluding diaryl/α,β-unsaturated/α-hetero) is 1. The summed E-state index contributed by atoms with van der Waals surface area (Å²) in [6.07, 6.45) is 0. The lowest BCUT2D eigenvalue weighted by molar-refractivity contribution is -0.132. The van der Waals surface area contributed by atoms with E-state index < -0.39 is 17.7 Å². The van der Waals surface area contributed by atoms with Crippen molar-refractivity contribution in [2.24, 2.45) is 0 Å². The van der Waals surface area contributed by atoms with Gasteiger partial charge in [-0.25, -0.2) is 4.98 Å². The molecule has 3 aromatic carbocycles. The Morgan fingerprint density at radius 2 is 1.81 bits per heavy atom. The van der Waals surface area contributed by atoms with E-state index >= 15 is 0 Å². The predicted molar refractivity (Wildman–Crippen MR) is 145 cm³/mol. The average Bonchev–Trinajstić information content (AvgIpc) is 3.41. The lowest BCUT2D eigenvalue weighted by Gasteiger charge is -2.23. The van der Waals surface area contributed by atoms with Gasteiger partial charge in [0.2, 0.25) is 0 Å². The highest BCUT2D eigenvalue weighted by molar-refractivity contribution is 7.22. The maximum Gasteiger partial charge on any atom is 0.301 e. The van der Waals surface area contributed by atoms with Crippen LogP contribution in [0.2, 0.25) is 5.02 Å². The standard InChI is InChI=1S/C28H23ClN2O5S/c1-14(2)19-12-16(6-11-21(19)36-3)25(33)23-24(15-4-8-18(32)9-5-15)31(27(35)26(23)34)28-30-20-10-7-17(29)13-22(20)37-28/h4-14,24,32-33H,1-3H3/b25-23+. The molecule has 1 unspecified atom stereocenters. The van der Waals surface area contributed by atoms with Gasteiger partial charge in [-0.1, -0.05) is 48.9 Å². The second kappa shape index (κ2) is 9.53. The molecule has 0 radical (unpaired) electrons. The molecule has 188 valence electrons. The Labute approximate surface area is 222 Å². The minimum atomic E-state index is -0.957. The van der Waals surface area contributed by atoms with E-state index in [1.165, 1.54) is 28.4 Å². The largest absolute Gasteiger partial charge is 0.508 e. The number of nitrogens with zero attached hydrogens (tertiary/aromatic N) is 2. The molecular weight excluding hydrogens is 512 g/mol. The molecule has 1 aliphatic heterocycles. The summed E-state index contributed by atoms with van der Waals surface area (Å²) in [6, 6.07) is 15.6. The van der Waals surface area contributed by atoms with Crippen LogP contribution in [0.3, 0.4) is 0 Å². The van der Waals surface area contributed by atoms with Crippen LogP contribution in [-0.4, -0.2) is 34.0 Å². The van der Waals surface area contributed by atoms with Crippen molar-refractivity contribution < 1.29 is 24.5 Å². The van der Waals surface area contributed by atoms with E-state index in [1.807, 2.05) is 13.8 Å². The third-order valence-electron chi connectivity index (χ3n) is 6.32. The van der Waals surface area contributed by atoms with E-state index in [1.54, 1.807) is 55.6 Å². The molecule has 5 rings (SSSR count). The highest BCUT2D eigenvalue weighted by atomic mass is 35.5. The summed E-state index contributed by atoms with van der Waals surface area (Å²) in [5.41, 5.74) is 2.35. The van der Waals surface area contributed by atoms with Crippen molar-refractivity contribution in [1.82, 2.24) is 4.98 Å². The number of benzene rings is 3. The number of ether oxygens (including phenoxy) is 1. The summed E-state index contributed by atoms with van der Waals surface area (Å²) in [7, 11) is 1.57. The highest BCUT2D eigenvalue weighted by Crippen LogP contribution is 2.45. The number of carbonyl (C=O) groups is 2. The number of carbonyl (C=O) groups excluding carboxylic acids is 2. The van der Waals surface area contributed by atoms with Crippen molar-refractivity contribution >= 4 is 55.7 Å². The second-order valence-electron chi connectivity index (χ2n) is 8.98. The van der Waals surface area contributed by atoms with Gasteiger partial charge in [0.05, 0.1) is 28.9 Å². The zero-order chi connectivity index (χ0) is 26.4. The Morgan fingerprint density at radius 3 is 2.49 bits per heavy atom. The molecule has 37 heavy (non-hydrogen) atoms. The maximum absolute atomic E-state index is 13.4. The molecule has 1 amide bonds. The quantitative estimate of drug-likeness (QED) is 0.174. The number of hydrogen-bond acceptors (Lipinski definition) is 7. The van der Waals surface area contributed by atoms with Crippen LogP contribution in [0.5, 0.6) is 11.5 Å². The third-order valence-corrected chi connectivity index (χ3v) is 7.58. The van der Waals surface area contributed by atoms with Crippen LogP contribution in [0.15, 0.2) is 66.2 Å². The topological polar surface area (TPSA) is 100.0 Å². The molecule has 2 N–H and O–H groups in total. The number of ketones is 1. The molecule has 1 saturated heterocycles. The summed E-state index contributed by atoms with van der Waals surface area (Å²) in [5, 5.41) is 22.1. The van der Waals surface area contributed by atoms with E-state index in [2.05, 4.69) is 4.98 Å². The Morgan fingerprint density at radius 1 is 1.08 bits per heavy atom. The van der Waals surface area contributed by atoms with E-state index in [0.717, 1.165) is 10.3 Å². The van der Waals surface area contributed by atoms with Crippen LogP contribution in [0.1, 0.15) is 42.5 Å². The highest BCUT2D eigenvalue weighted by Gasteiger charge is 2.48. The molecule has 4 aromatic rings. The van der Waals surface area contributed by atoms with E-state index in [4.69, 9.17) is 16.3 Å². The number of thiazole rings is 1. The summed E-state index contributed by atoms with van der Waals surface area (Å²) in [5.74, 6) is -1.14. The Bertz CT molecular complexity index is 1580. The second-order valence-corrected chi connectivity index (χ2v) is 10.4. The Hall–Kier alpha value is -3.88. The molecule has 9 heteroatoms. The SMILES string of the molecule is COc1ccc(/C(O)=C2\C(=O)C(=O)N(c3nc4ccc(Cl)cc4s3)C2c2ccc(O)cc2)cc1C(C)C. The maximum atomic E-state index is 13.4. The van der Waals surface area contributed by atoms with Gasteiger partial charge < -0.3 is 14.9 Å². The van der Waals surface area contributed by atoms with Gasteiger partial charge in [0, 0.05) is 10.6 Å². The molecule has 0 aliphatic carbocycles. The number of aliphatic hydroxyl groups is 1. The van der Waals surface area contributed by atoms with Crippen LogP contribution in [0.25, 0.3) is 16.0 Å². The molecule has 1 aliphatic rings. The zero-order valence-corrected chi connectivity index (χ0v) is 21.8. The molecule has 1 fully saturated rings. The molecular formula is C28H23ClN2O5S. The van der Waals surface area contributed by atoms with Crippen molar-refractivity contribution in [1.29, 1.82) is 0 Å². The fourth-order valence-corrected chi connectivity index (χ4v) is 5.75. The summed E-state index contributed by atoms with van der Waals surface area (Å²) in [6.45, 7) is 3.99. The minimum Gasteiger partial charge on any atom is -0.508 e. The van der Waals surface area contributed by atoms with Gasteiger partial charge in [-0.05, 0) is 65.6 Å². The first-order valence-corrected chi connectivity index (χ1v) is 12.7. The van der Waals surface area contributed by atoms with Gasteiger partial charge in [-0.2, -0.15) is 0 Å². The first-order valence-electron chi connectivity index (χ1n) is 11.5. The average molecular weight is 535 g/mol. The van der Waals surface area contributed by atoms with Gasteiger partial charge >= 0.3 is 5.91 Å². The van der Waals surface area contributed by atoms with Crippen LogP contribution >= 0.6 is 22.9 Å². The molecule has 0 bridgehead atoms. The van der Waals surface area contributed by atoms with Gasteiger partial charge in [0.25, 0.3) is 5.78 Å². The number of halogens is 1. The minimum absolute atomic E-state index is 0.0343. The van der Waals surface area contributed by atoms with Crippen molar-refractivity contribution in [2.75, 3.05) is 12.0 Å². The normalized spacial score (nSPS) is 17.2. The first kappa shape index (κ1) is 24.8. The van der Waals surface area contributed by atoms with Crippen LogP contribution in [0, 0.1) is 0 Å². The van der Waals surface area contributed by atoms with Crippen molar-refractivity contribution in [2.45, 2.75) is 25.8 Å². The lowest BCUT2D eigenvalue weighted by Crippen LogP contribution is -2.29. The fourth-order valence-electron chi connectivity index (χ4n) is 4.48. The number of aromatic nitrogens is 1.